The molecule has 0 aliphatic heterocycles. The van der Waals surface area contributed by atoms with E-state index in [0.717, 1.165) is 0 Å². The third-order valence-electron chi connectivity index (χ3n) is 2.22. The van der Waals surface area contributed by atoms with Gasteiger partial charge in [-0.25, -0.2) is 9.89 Å². The smallest absolute Gasteiger partial charge is 0.319 e. The van der Waals surface area contributed by atoms with Crippen LogP contribution in [0.2, 0.25) is 0 Å². The maximum Gasteiger partial charge on any atom is 0.343 e. The molecule has 0 saturated heterocycles. The molecule has 2 rings (SSSR count). The van der Waals surface area contributed by atoms with Gasteiger partial charge >= 0.3 is 5.69 Å². The summed E-state index contributed by atoms with van der Waals surface area (Å²) in [5.41, 5.74) is -0.282. The van der Waals surface area contributed by atoms with Crippen molar-refractivity contribution in [3.63, 3.8) is 0 Å². The molecule has 7 nitrogen and oxygen atoms in total. The lowest BCUT2D eigenvalue weighted by molar-refractivity contribution is 0.552. The molecule has 80 valence electrons. The normalized spacial score (nSPS) is 12.9. The molecule has 0 spiro atoms. The number of rotatable bonds is 2. The standard InChI is InChI=1S/C7H10N6OS/c1-4(5-9-8-3-12(5)2)13-6(14)10-11-7(13)15/h3-4H,1-2H3,(H,10,14)(H,11,15). The van der Waals surface area contributed by atoms with Crippen LogP contribution in [0.5, 0.6) is 0 Å². The molecule has 8 heteroatoms. The van der Waals surface area contributed by atoms with Crippen LogP contribution in [-0.2, 0) is 7.05 Å². The summed E-state index contributed by atoms with van der Waals surface area (Å²) in [5, 5.41) is 12.7. The van der Waals surface area contributed by atoms with Crippen molar-refractivity contribution >= 4 is 12.2 Å². The Bertz CT molecular complexity index is 547. The van der Waals surface area contributed by atoms with Crippen molar-refractivity contribution in [3.8, 4) is 0 Å². The van der Waals surface area contributed by atoms with E-state index in [1.165, 1.54) is 4.57 Å². The molecular formula is C7H10N6OS. The van der Waals surface area contributed by atoms with Crippen LogP contribution in [0.1, 0.15) is 18.8 Å². The quantitative estimate of drug-likeness (QED) is 0.704. The van der Waals surface area contributed by atoms with Gasteiger partial charge in [-0.15, -0.1) is 10.2 Å². The van der Waals surface area contributed by atoms with Crippen molar-refractivity contribution in [2.45, 2.75) is 13.0 Å². The van der Waals surface area contributed by atoms with E-state index in [2.05, 4.69) is 20.4 Å². The zero-order valence-electron chi connectivity index (χ0n) is 8.26. The van der Waals surface area contributed by atoms with Crippen LogP contribution in [0.3, 0.4) is 0 Å². The topological polar surface area (TPSA) is 84.3 Å². The highest BCUT2D eigenvalue weighted by Gasteiger charge is 2.16. The molecule has 0 radical (unpaired) electrons. The summed E-state index contributed by atoms with van der Waals surface area (Å²) in [6, 6.07) is -0.250. The summed E-state index contributed by atoms with van der Waals surface area (Å²) >= 11 is 4.99. The molecular weight excluding hydrogens is 216 g/mol. The summed E-state index contributed by atoms with van der Waals surface area (Å²) in [4.78, 5) is 11.4. The molecule has 0 fully saturated rings. The highest BCUT2D eigenvalue weighted by Crippen LogP contribution is 2.11. The van der Waals surface area contributed by atoms with Crippen LogP contribution in [0.4, 0.5) is 0 Å². The summed E-state index contributed by atoms with van der Waals surface area (Å²) in [6.45, 7) is 1.84. The first-order chi connectivity index (χ1) is 7.11. The van der Waals surface area contributed by atoms with Gasteiger partial charge in [0.05, 0.1) is 6.04 Å². The number of nitrogens with zero attached hydrogens (tertiary/aromatic N) is 4. The molecule has 2 aromatic heterocycles. The van der Waals surface area contributed by atoms with Crippen LogP contribution in [0, 0.1) is 4.77 Å². The predicted molar refractivity (Wildman–Crippen MR) is 55.1 cm³/mol. The highest BCUT2D eigenvalue weighted by atomic mass is 32.1. The first kappa shape index (κ1) is 9.84. The Labute approximate surface area is 89.8 Å². The first-order valence-electron chi connectivity index (χ1n) is 4.34. The van der Waals surface area contributed by atoms with Gasteiger partial charge in [-0.2, -0.15) is 0 Å². The van der Waals surface area contributed by atoms with Gasteiger partial charge in [-0.05, 0) is 19.1 Å². The number of aromatic amines is 2. The van der Waals surface area contributed by atoms with Gasteiger partial charge in [0.15, 0.2) is 10.6 Å². The zero-order valence-corrected chi connectivity index (χ0v) is 9.08. The van der Waals surface area contributed by atoms with Gasteiger partial charge in [-0.3, -0.25) is 9.67 Å². The summed E-state index contributed by atoms with van der Waals surface area (Å²) in [6.07, 6.45) is 1.58. The summed E-state index contributed by atoms with van der Waals surface area (Å²) < 4.78 is 3.51. The average Bonchev–Trinajstić information content (AvgIpc) is 2.73. The fraction of sp³-hybridized carbons (Fsp3) is 0.429. The van der Waals surface area contributed by atoms with Crippen LogP contribution in [0.15, 0.2) is 11.1 Å². The monoisotopic (exact) mass is 226 g/mol. The summed E-state index contributed by atoms with van der Waals surface area (Å²) in [7, 11) is 1.82. The predicted octanol–water partition coefficient (Wildman–Crippen LogP) is -0.0282. The van der Waals surface area contributed by atoms with Crippen molar-refractivity contribution in [2.75, 3.05) is 0 Å². The molecule has 1 unspecified atom stereocenters. The molecule has 0 aromatic carbocycles. The van der Waals surface area contributed by atoms with E-state index in [4.69, 9.17) is 12.2 Å². The third kappa shape index (κ3) is 1.52. The van der Waals surface area contributed by atoms with Gasteiger partial charge < -0.3 is 4.57 Å². The fourth-order valence-corrected chi connectivity index (χ4v) is 1.75. The van der Waals surface area contributed by atoms with Gasteiger partial charge in [0.1, 0.15) is 6.33 Å². The van der Waals surface area contributed by atoms with Crippen molar-refractivity contribution in [3.05, 3.63) is 27.4 Å². The maximum atomic E-state index is 11.4. The van der Waals surface area contributed by atoms with E-state index in [-0.39, 0.29) is 11.7 Å². The van der Waals surface area contributed by atoms with Crippen LogP contribution >= 0.6 is 12.2 Å². The minimum atomic E-state index is -0.282. The largest absolute Gasteiger partial charge is 0.343 e. The molecule has 0 saturated carbocycles. The van der Waals surface area contributed by atoms with Crippen molar-refractivity contribution < 1.29 is 0 Å². The second-order valence-electron chi connectivity index (χ2n) is 3.21. The number of nitrogens with one attached hydrogen (secondary N) is 2. The number of H-pyrrole nitrogens is 2. The van der Waals surface area contributed by atoms with Gasteiger partial charge in [-0.1, -0.05) is 0 Å². The SMILES string of the molecule is CC(c1nncn1C)n1c(=O)[nH][nH]c1=S. The third-order valence-corrected chi connectivity index (χ3v) is 2.52. The van der Waals surface area contributed by atoms with Crippen LogP contribution in [0.25, 0.3) is 0 Å². The lowest BCUT2D eigenvalue weighted by atomic mass is 10.3. The number of hydrogen-bond acceptors (Lipinski definition) is 4. The Hall–Kier alpha value is -1.70. The summed E-state index contributed by atoms with van der Waals surface area (Å²) in [5.74, 6) is 0.677. The van der Waals surface area contributed by atoms with E-state index in [9.17, 15) is 4.79 Å². The minimum absolute atomic E-state index is 0.250. The number of hydrogen-bond donors (Lipinski definition) is 2. The van der Waals surface area contributed by atoms with Crippen molar-refractivity contribution in [2.24, 2.45) is 7.05 Å². The van der Waals surface area contributed by atoms with Gasteiger partial charge in [0.25, 0.3) is 0 Å². The fourth-order valence-electron chi connectivity index (χ4n) is 1.46. The lowest BCUT2D eigenvalue weighted by Crippen LogP contribution is -2.23. The van der Waals surface area contributed by atoms with E-state index in [1.54, 1.807) is 10.9 Å². The molecule has 2 heterocycles. The Balaban J connectivity index is 2.54. The zero-order chi connectivity index (χ0) is 11.0. The minimum Gasteiger partial charge on any atom is -0.319 e. The van der Waals surface area contributed by atoms with Crippen LogP contribution < -0.4 is 5.69 Å². The molecule has 15 heavy (non-hydrogen) atoms. The van der Waals surface area contributed by atoms with E-state index < -0.39 is 0 Å². The van der Waals surface area contributed by atoms with E-state index >= 15 is 0 Å². The Morgan fingerprint density at radius 3 is 2.73 bits per heavy atom. The highest BCUT2D eigenvalue weighted by molar-refractivity contribution is 7.71. The molecule has 0 aliphatic rings. The van der Waals surface area contributed by atoms with E-state index in [1.807, 2.05) is 14.0 Å². The molecule has 1 atom stereocenters. The molecule has 0 amide bonds. The molecule has 0 bridgehead atoms. The van der Waals surface area contributed by atoms with Crippen LogP contribution in [-0.4, -0.2) is 29.5 Å². The molecule has 2 N–H and O–H groups in total. The Kier molecular flexibility index (Phi) is 2.27. The van der Waals surface area contributed by atoms with Gasteiger partial charge in [0.2, 0.25) is 0 Å². The van der Waals surface area contributed by atoms with Crippen molar-refractivity contribution in [1.29, 1.82) is 0 Å². The Morgan fingerprint density at radius 1 is 1.53 bits per heavy atom. The first-order valence-corrected chi connectivity index (χ1v) is 4.75. The molecule has 0 aliphatic carbocycles. The second kappa shape index (κ2) is 3.46. The second-order valence-corrected chi connectivity index (χ2v) is 3.59. The Morgan fingerprint density at radius 2 is 2.27 bits per heavy atom. The van der Waals surface area contributed by atoms with Crippen molar-refractivity contribution in [1.82, 2.24) is 29.5 Å². The number of aromatic nitrogens is 6. The maximum absolute atomic E-state index is 11.4. The average molecular weight is 226 g/mol. The van der Waals surface area contributed by atoms with E-state index in [0.29, 0.717) is 10.6 Å². The molecule has 2 aromatic rings. The van der Waals surface area contributed by atoms with Gasteiger partial charge in [0, 0.05) is 7.05 Å². The lowest BCUT2D eigenvalue weighted by Gasteiger charge is -2.09. The number of aryl methyl sites for hydroxylation is 1.